The second-order valence-electron chi connectivity index (χ2n) is 7.25. The van der Waals surface area contributed by atoms with E-state index in [1.807, 2.05) is 12.1 Å². The number of methoxy groups -OCH3 is 1. The van der Waals surface area contributed by atoms with Crippen LogP contribution in [0.5, 0.6) is 11.5 Å². The summed E-state index contributed by atoms with van der Waals surface area (Å²) in [7, 11) is 1.52. The lowest BCUT2D eigenvalue weighted by atomic mass is 10.1. The SMILES string of the molecule is COc1cc(/C=C2/SC(=O)N(Cc3ccc([N+](=O)[O-])cc3)C2=O)ccc1OCc1ccncc1. The molecule has 1 aliphatic rings. The Kier molecular flexibility index (Phi) is 6.88. The second kappa shape index (κ2) is 10.2. The van der Waals surface area contributed by atoms with Gasteiger partial charge in [-0.1, -0.05) is 18.2 Å². The standard InChI is InChI=1S/C24H19N3O6S/c1-32-21-12-18(4-7-20(21)33-15-17-8-10-25-11-9-17)13-22-23(28)26(24(29)34-22)14-16-2-5-19(6-3-16)27(30)31/h2-13H,14-15H2,1H3/b22-13+. The molecule has 1 aromatic heterocycles. The van der Waals surface area contributed by atoms with E-state index < -0.39 is 16.1 Å². The first-order valence-corrected chi connectivity index (χ1v) is 10.9. The number of nitro groups is 1. The molecule has 0 saturated carbocycles. The smallest absolute Gasteiger partial charge is 0.293 e. The molecule has 1 fully saturated rings. The molecule has 9 nitrogen and oxygen atoms in total. The van der Waals surface area contributed by atoms with E-state index in [-0.39, 0.29) is 17.1 Å². The fourth-order valence-electron chi connectivity index (χ4n) is 3.23. The van der Waals surface area contributed by atoms with Crippen molar-refractivity contribution in [2.45, 2.75) is 13.2 Å². The van der Waals surface area contributed by atoms with Crippen molar-refractivity contribution in [3.05, 3.63) is 98.7 Å². The normalized spacial score (nSPS) is 14.5. The number of carbonyl (C=O) groups is 2. The van der Waals surface area contributed by atoms with Crippen LogP contribution < -0.4 is 9.47 Å². The number of imide groups is 1. The van der Waals surface area contributed by atoms with Gasteiger partial charge in [-0.05, 0) is 58.8 Å². The van der Waals surface area contributed by atoms with E-state index in [4.69, 9.17) is 9.47 Å². The quantitative estimate of drug-likeness (QED) is 0.258. The molecule has 0 aliphatic carbocycles. The van der Waals surface area contributed by atoms with E-state index >= 15 is 0 Å². The van der Waals surface area contributed by atoms with Gasteiger partial charge in [0.2, 0.25) is 0 Å². The number of non-ortho nitro benzene ring substituents is 1. The summed E-state index contributed by atoms with van der Waals surface area (Å²) in [6.07, 6.45) is 5.00. The first-order chi connectivity index (χ1) is 16.4. The fourth-order valence-corrected chi connectivity index (χ4v) is 4.06. The summed E-state index contributed by atoms with van der Waals surface area (Å²) in [5.74, 6) is 0.612. The van der Waals surface area contributed by atoms with E-state index in [0.717, 1.165) is 22.2 Å². The highest BCUT2D eigenvalue weighted by Crippen LogP contribution is 2.35. The number of nitro benzene ring substituents is 1. The zero-order chi connectivity index (χ0) is 24.1. The lowest BCUT2D eigenvalue weighted by Crippen LogP contribution is -2.27. The van der Waals surface area contributed by atoms with Gasteiger partial charge in [0, 0.05) is 24.5 Å². The number of carbonyl (C=O) groups excluding carboxylic acids is 2. The summed E-state index contributed by atoms with van der Waals surface area (Å²) in [5, 5.41) is 10.4. The number of aromatic nitrogens is 1. The number of benzene rings is 2. The molecular weight excluding hydrogens is 458 g/mol. The van der Waals surface area contributed by atoms with Crippen LogP contribution in [0.4, 0.5) is 10.5 Å². The van der Waals surface area contributed by atoms with Crippen molar-refractivity contribution in [2.24, 2.45) is 0 Å². The van der Waals surface area contributed by atoms with Crippen LogP contribution in [0.1, 0.15) is 16.7 Å². The monoisotopic (exact) mass is 477 g/mol. The van der Waals surface area contributed by atoms with Crippen LogP contribution in [0.15, 0.2) is 71.9 Å². The Morgan fingerprint density at radius 1 is 1.03 bits per heavy atom. The molecule has 3 aromatic rings. The van der Waals surface area contributed by atoms with E-state index in [1.54, 1.807) is 36.7 Å². The molecule has 0 atom stereocenters. The maximum Gasteiger partial charge on any atom is 0.293 e. The zero-order valence-corrected chi connectivity index (χ0v) is 18.9. The Morgan fingerprint density at radius 3 is 2.44 bits per heavy atom. The number of hydrogen-bond donors (Lipinski definition) is 0. The maximum absolute atomic E-state index is 12.8. The molecule has 2 amide bonds. The lowest BCUT2D eigenvalue weighted by Gasteiger charge is -2.12. The van der Waals surface area contributed by atoms with E-state index in [9.17, 15) is 19.7 Å². The minimum atomic E-state index is -0.504. The van der Waals surface area contributed by atoms with Crippen molar-refractivity contribution < 1.29 is 24.0 Å². The Bertz CT molecular complexity index is 1260. The first kappa shape index (κ1) is 23.0. The molecule has 0 radical (unpaired) electrons. The van der Waals surface area contributed by atoms with E-state index in [0.29, 0.717) is 29.2 Å². The van der Waals surface area contributed by atoms with Gasteiger partial charge in [0.15, 0.2) is 11.5 Å². The van der Waals surface area contributed by atoms with Crippen LogP contribution in [0.2, 0.25) is 0 Å². The van der Waals surface area contributed by atoms with Gasteiger partial charge in [0.05, 0.1) is 23.5 Å². The van der Waals surface area contributed by atoms with Crippen molar-refractivity contribution in [3.8, 4) is 11.5 Å². The number of pyridine rings is 1. The van der Waals surface area contributed by atoms with Crippen LogP contribution in [-0.2, 0) is 17.9 Å². The van der Waals surface area contributed by atoms with Gasteiger partial charge in [0.1, 0.15) is 6.61 Å². The first-order valence-electron chi connectivity index (χ1n) is 10.1. The van der Waals surface area contributed by atoms with E-state index in [1.165, 1.54) is 31.4 Å². The molecule has 0 unspecified atom stereocenters. The molecular formula is C24H19N3O6S. The Balaban J connectivity index is 1.47. The third-order valence-corrected chi connectivity index (χ3v) is 5.90. The zero-order valence-electron chi connectivity index (χ0n) is 18.0. The Morgan fingerprint density at radius 2 is 1.76 bits per heavy atom. The molecule has 4 rings (SSSR count). The number of thioether (sulfide) groups is 1. The molecule has 1 saturated heterocycles. The Labute approximate surface area is 199 Å². The van der Waals surface area contributed by atoms with Gasteiger partial charge < -0.3 is 9.47 Å². The van der Waals surface area contributed by atoms with Crippen molar-refractivity contribution in [1.29, 1.82) is 0 Å². The molecule has 10 heteroatoms. The highest BCUT2D eigenvalue weighted by Gasteiger charge is 2.35. The van der Waals surface area contributed by atoms with Gasteiger partial charge in [-0.15, -0.1) is 0 Å². The topological polar surface area (TPSA) is 112 Å². The minimum absolute atomic E-state index is 0.0328. The van der Waals surface area contributed by atoms with Gasteiger partial charge in [0.25, 0.3) is 16.8 Å². The van der Waals surface area contributed by atoms with E-state index in [2.05, 4.69) is 4.98 Å². The predicted molar refractivity (Wildman–Crippen MR) is 126 cm³/mol. The number of amides is 2. The molecule has 2 heterocycles. The third kappa shape index (κ3) is 5.24. The molecule has 34 heavy (non-hydrogen) atoms. The molecule has 0 spiro atoms. The largest absolute Gasteiger partial charge is 0.493 e. The van der Waals surface area contributed by atoms with Crippen LogP contribution in [-0.4, -0.2) is 33.1 Å². The molecule has 0 N–H and O–H groups in total. The number of rotatable bonds is 8. The summed E-state index contributed by atoms with van der Waals surface area (Å²) in [6, 6.07) is 14.7. The van der Waals surface area contributed by atoms with Crippen molar-refractivity contribution in [1.82, 2.24) is 9.88 Å². The molecule has 2 aromatic carbocycles. The third-order valence-electron chi connectivity index (χ3n) is 4.99. The number of ether oxygens (including phenoxy) is 2. The van der Waals surface area contributed by atoms with Gasteiger partial charge in [-0.25, -0.2) is 0 Å². The summed E-state index contributed by atoms with van der Waals surface area (Å²) >= 11 is 0.841. The highest BCUT2D eigenvalue weighted by molar-refractivity contribution is 8.18. The molecule has 0 bridgehead atoms. The van der Waals surface area contributed by atoms with Crippen LogP contribution >= 0.6 is 11.8 Å². The lowest BCUT2D eigenvalue weighted by molar-refractivity contribution is -0.384. The van der Waals surface area contributed by atoms with Gasteiger partial charge in [-0.3, -0.25) is 29.6 Å². The number of nitrogens with zero attached hydrogens (tertiary/aromatic N) is 3. The fraction of sp³-hybridized carbons (Fsp3) is 0.125. The molecule has 1 aliphatic heterocycles. The van der Waals surface area contributed by atoms with Crippen LogP contribution in [0.3, 0.4) is 0 Å². The van der Waals surface area contributed by atoms with Crippen LogP contribution in [0, 0.1) is 10.1 Å². The maximum atomic E-state index is 12.8. The summed E-state index contributed by atoms with van der Waals surface area (Å²) < 4.78 is 11.3. The summed E-state index contributed by atoms with van der Waals surface area (Å²) in [6.45, 7) is 0.380. The van der Waals surface area contributed by atoms with Gasteiger partial charge >= 0.3 is 0 Å². The van der Waals surface area contributed by atoms with Crippen LogP contribution in [0.25, 0.3) is 6.08 Å². The average Bonchev–Trinajstić information content (AvgIpc) is 3.11. The summed E-state index contributed by atoms with van der Waals surface area (Å²) in [5.41, 5.74) is 2.20. The second-order valence-corrected chi connectivity index (χ2v) is 8.24. The Hall–Kier alpha value is -4.18. The van der Waals surface area contributed by atoms with Crippen molar-refractivity contribution >= 4 is 34.7 Å². The number of hydrogen-bond acceptors (Lipinski definition) is 8. The predicted octanol–water partition coefficient (Wildman–Crippen LogP) is 4.81. The van der Waals surface area contributed by atoms with Gasteiger partial charge in [-0.2, -0.15) is 0 Å². The molecule has 172 valence electrons. The van der Waals surface area contributed by atoms with Crippen molar-refractivity contribution in [2.75, 3.05) is 7.11 Å². The highest BCUT2D eigenvalue weighted by atomic mass is 32.2. The average molecular weight is 477 g/mol. The minimum Gasteiger partial charge on any atom is -0.493 e. The summed E-state index contributed by atoms with van der Waals surface area (Å²) in [4.78, 5) is 40.9. The van der Waals surface area contributed by atoms with Crippen molar-refractivity contribution in [3.63, 3.8) is 0 Å².